The van der Waals surface area contributed by atoms with Crippen LogP contribution in [0.2, 0.25) is 0 Å². The average molecular weight is 543 g/mol. The molecule has 0 radical (unpaired) electrons. The first-order valence-electron chi connectivity index (χ1n) is 11.7. The first-order chi connectivity index (χ1) is 17.2. The molecule has 15 heteroatoms. The van der Waals surface area contributed by atoms with E-state index in [0.717, 1.165) is 0 Å². The highest BCUT2D eigenvalue weighted by atomic mass is 32.1. The van der Waals surface area contributed by atoms with Gasteiger partial charge in [0.2, 0.25) is 12.5 Å². The van der Waals surface area contributed by atoms with Gasteiger partial charge in [0, 0.05) is 19.5 Å². The number of amides is 1. The van der Waals surface area contributed by atoms with Gasteiger partial charge < -0.3 is 35.2 Å². The fourth-order valence-corrected chi connectivity index (χ4v) is 7.23. The second-order valence-corrected chi connectivity index (χ2v) is 11.4. The molecule has 1 aliphatic carbocycles. The molecule has 6 rings (SSSR count). The van der Waals surface area contributed by atoms with Crippen molar-refractivity contribution < 1.29 is 42.6 Å². The molecule has 4 N–H and O–H groups in total. The van der Waals surface area contributed by atoms with Gasteiger partial charge in [-0.15, -0.1) is 0 Å². The predicted molar refractivity (Wildman–Crippen MR) is 127 cm³/mol. The number of phenols is 1. The minimum Gasteiger partial charge on any atom is -0.504 e. The van der Waals surface area contributed by atoms with Crippen LogP contribution in [-0.4, -0.2) is 95.7 Å². The molecule has 36 heavy (non-hydrogen) atoms. The Bertz CT molecular complexity index is 1150. The number of benzene rings is 1. The van der Waals surface area contributed by atoms with Crippen molar-refractivity contribution in [1.29, 1.82) is 0 Å². The summed E-state index contributed by atoms with van der Waals surface area (Å²) in [5.74, 6) is -0.820. The third-order valence-corrected chi connectivity index (χ3v) is 9.12. The van der Waals surface area contributed by atoms with Gasteiger partial charge in [-0.05, 0) is 36.7 Å². The van der Waals surface area contributed by atoms with E-state index in [0.29, 0.717) is 42.7 Å². The highest BCUT2D eigenvalue weighted by molar-refractivity contribution is 7.80. The van der Waals surface area contributed by atoms with Crippen LogP contribution in [0.25, 0.3) is 0 Å². The Balaban J connectivity index is 1.14. The fraction of sp³-hybridized carbons (Fsp3) is 0.619. The zero-order valence-electron chi connectivity index (χ0n) is 19.4. The van der Waals surface area contributed by atoms with Crippen molar-refractivity contribution in [3.8, 4) is 17.2 Å². The quantitative estimate of drug-likeness (QED) is 0.231. The van der Waals surface area contributed by atoms with E-state index in [1.165, 1.54) is 0 Å². The number of hydrogen-bond acceptors (Lipinski definition) is 11. The number of phosphoric acid groups is 1. The number of phenolic OH excluding ortho intramolecular Hbond substituents is 1. The van der Waals surface area contributed by atoms with Crippen LogP contribution in [0.15, 0.2) is 6.07 Å². The van der Waals surface area contributed by atoms with Crippen molar-refractivity contribution in [2.24, 2.45) is 0 Å². The lowest BCUT2D eigenvalue weighted by Crippen LogP contribution is -2.60. The second kappa shape index (κ2) is 8.98. The van der Waals surface area contributed by atoms with Crippen LogP contribution in [0.4, 0.5) is 0 Å². The summed E-state index contributed by atoms with van der Waals surface area (Å²) >= 11 is 5.18. The molecule has 2 saturated heterocycles. The summed E-state index contributed by atoms with van der Waals surface area (Å²) in [5.41, 5.74) is 0.581. The molecule has 13 nitrogen and oxygen atoms in total. The van der Waals surface area contributed by atoms with E-state index in [-0.39, 0.29) is 36.9 Å². The van der Waals surface area contributed by atoms with E-state index in [2.05, 4.69) is 15.5 Å². The molecular weight excluding hydrogens is 515 g/mol. The molecular formula is C21H27N4O9PS. The van der Waals surface area contributed by atoms with Gasteiger partial charge in [0.25, 0.3) is 5.91 Å². The molecule has 6 atom stereocenters. The van der Waals surface area contributed by atoms with E-state index in [1.807, 2.05) is 11.9 Å². The Morgan fingerprint density at radius 1 is 1.31 bits per heavy atom. The highest BCUT2D eigenvalue weighted by Crippen LogP contribution is 2.62. The molecule has 4 heterocycles. The number of aliphatic hydroxyl groups excluding tert-OH is 1. The summed E-state index contributed by atoms with van der Waals surface area (Å²) in [6.07, 6.45) is -2.08. The maximum atomic E-state index is 13.3. The number of aromatic hydroxyl groups is 1. The van der Waals surface area contributed by atoms with Crippen molar-refractivity contribution >= 4 is 31.1 Å². The molecule has 1 saturated carbocycles. The molecule has 5 aliphatic rings. The molecule has 0 bridgehead atoms. The van der Waals surface area contributed by atoms with Crippen molar-refractivity contribution in [3.05, 3.63) is 17.2 Å². The number of ether oxygens (including phenoxy) is 2. The van der Waals surface area contributed by atoms with Crippen LogP contribution in [0.1, 0.15) is 34.7 Å². The normalized spacial score (nSPS) is 35.1. The Morgan fingerprint density at radius 2 is 2.11 bits per heavy atom. The van der Waals surface area contributed by atoms with Gasteiger partial charge in [0.05, 0.1) is 37.7 Å². The lowest BCUT2D eigenvalue weighted by atomic mass is 9.72. The van der Waals surface area contributed by atoms with E-state index < -0.39 is 44.0 Å². The van der Waals surface area contributed by atoms with Crippen LogP contribution in [0.5, 0.6) is 17.2 Å². The molecule has 3 fully saturated rings. The molecule has 196 valence electrons. The fourth-order valence-electron chi connectivity index (χ4n) is 5.48. The van der Waals surface area contributed by atoms with E-state index in [4.69, 9.17) is 35.3 Å². The van der Waals surface area contributed by atoms with Gasteiger partial charge >= 0.3 is 7.82 Å². The van der Waals surface area contributed by atoms with Gasteiger partial charge in [-0.2, -0.15) is 0 Å². The molecule has 0 aromatic heterocycles. The number of carbonyl (C=O) groups excluding carboxylic acids is 1. The van der Waals surface area contributed by atoms with Crippen LogP contribution >= 0.6 is 20.0 Å². The maximum absolute atomic E-state index is 13.3. The monoisotopic (exact) mass is 542 g/mol. The summed E-state index contributed by atoms with van der Waals surface area (Å²) in [7, 11) is -2.07. The van der Waals surface area contributed by atoms with E-state index in [9.17, 15) is 19.6 Å². The number of nitrogens with zero attached hydrogens (tertiary/aromatic N) is 2. The van der Waals surface area contributed by atoms with Crippen molar-refractivity contribution in [2.75, 3.05) is 40.3 Å². The van der Waals surface area contributed by atoms with Gasteiger partial charge in [-0.25, -0.2) is 4.57 Å². The SMILES string of the molecule is CN1CN(CCCOP2(=O)O[C@H]3[C@@H]4NC(=O)c5c(cc6c(c5O)OCO6)[C@H]4C[C@H](O)[C@H]3O2)CNC1=S. The third kappa shape index (κ3) is 4.01. The Kier molecular flexibility index (Phi) is 6.03. The zero-order valence-corrected chi connectivity index (χ0v) is 21.1. The van der Waals surface area contributed by atoms with Crippen molar-refractivity contribution in [3.63, 3.8) is 0 Å². The number of carbonyl (C=O) groups is 1. The number of aliphatic hydroxyl groups is 1. The lowest BCUT2D eigenvalue weighted by Gasteiger charge is -2.43. The first-order valence-corrected chi connectivity index (χ1v) is 13.6. The largest absolute Gasteiger partial charge is 0.504 e. The van der Waals surface area contributed by atoms with Crippen LogP contribution in [0, 0.1) is 0 Å². The second-order valence-electron chi connectivity index (χ2n) is 9.48. The van der Waals surface area contributed by atoms with Gasteiger partial charge in [-0.3, -0.25) is 23.3 Å². The number of thiocarbonyl (C=S) groups is 1. The van der Waals surface area contributed by atoms with Gasteiger partial charge in [0.1, 0.15) is 12.2 Å². The minimum atomic E-state index is -3.97. The zero-order chi connectivity index (χ0) is 25.2. The standard InChI is InChI=1S/C21H27N4O9PS/c1-24-8-25(7-22-21(24)36)3-2-4-32-35(29)33-17-12(26)5-11-10-6-13-18(31-9-30-13)16(27)14(10)20(28)23-15(11)19(17)34-35/h6,11-12,15,17,19,26-27H,2-5,7-9H2,1H3,(H,22,36)(H,23,28)/t11-,12+,15-,17-,19+,35?/m1/s1. The Morgan fingerprint density at radius 3 is 2.92 bits per heavy atom. The number of nitrogens with one attached hydrogen (secondary N) is 2. The Hall–Kier alpha value is -2.19. The molecule has 0 spiro atoms. The average Bonchev–Trinajstić information content (AvgIpc) is 3.45. The molecule has 1 aromatic carbocycles. The first kappa shape index (κ1) is 24.2. The van der Waals surface area contributed by atoms with Crippen LogP contribution in [0.3, 0.4) is 0 Å². The molecule has 1 unspecified atom stereocenters. The number of rotatable bonds is 5. The van der Waals surface area contributed by atoms with E-state index >= 15 is 0 Å². The maximum Gasteiger partial charge on any atom is 0.475 e. The van der Waals surface area contributed by atoms with E-state index in [1.54, 1.807) is 6.07 Å². The highest BCUT2D eigenvalue weighted by Gasteiger charge is 2.59. The molecule has 1 amide bonds. The Labute approximate surface area is 212 Å². The molecule has 1 aromatic rings. The smallest absolute Gasteiger partial charge is 0.475 e. The number of phosphoric ester groups is 1. The predicted octanol–water partition coefficient (Wildman–Crippen LogP) is 0.417. The minimum absolute atomic E-state index is 0.0648. The topological polar surface area (TPSA) is 151 Å². The summed E-state index contributed by atoms with van der Waals surface area (Å²) in [6.45, 7) is 2.02. The lowest BCUT2D eigenvalue weighted by molar-refractivity contribution is -0.0373. The van der Waals surface area contributed by atoms with Crippen molar-refractivity contribution in [1.82, 2.24) is 20.4 Å². The summed E-state index contributed by atoms with van der Waals surface area (Å²) in [5, 5.41) is 28.1. The van der Waals surface area contributed by atoms with Gasteiger partial charge in [-0.1, -0.05) is 0 Å². The summed E-state index contributed by atoms with van der Waals surface area (Å²) in [6, 6.07) is 1.00. The van der Waals surface area contributed by atoms with Crippen molar-refractivity contribution in [2.45, 2.75) is 43.1 Å². The summed E-state index contributed by atoms with van der Waals surface area (Å²) in [4.78, 5) is 17.0. The summed E-state index contributed by atoms with van der Waals surface area (Å²) < 4.78 is 40.9. The number of fused-ring (bicyclic) bond motifs is 6. The van der Waals surface area contributed by atoms with Crippen LogP contribution in [-0.2, 0) is 18.1 Å². The van der Waals surface area contributed by atoms with Crippen LogP contribution < -0.4 is 20.1 Å². The van der Waals surface area contributed by atoms with Gasteiger partial charge in [0.15, 0.2) is 16.6 Å². The third-order valence-electron chi connectivity index (χ3n) is 7.16. The molecule has 4 aliphatic heterocycles. The number of hydrogen-bond donors (Lipinski definition) is 4.